The number of carbonyl (C=O) groups is 1. The van der Waals surface area contributed by atoms with Gasteiger partial charge in [0.2, 0.25) is 5.91 Å². The highest BCUT2D eigenvalue weighted by molar-refractivity contribution is 7.92. The molecule has 118 valence electrons. The Hall–Kier alpha value is -2.56. The molecule has 2 rings (SSSR count). The molecule has 2 N–H and O–H groups in total. The minimum absolute atomic E-state index is 0.0377. The van der Waals surface area contributed by atoms with Crippen LogP contribution in [-0.2, 0) is 14.8 Å². The van der Waals surface area contributed by atoms with Crippen molar-refractivity contribution in [3.63, 3.8) is 0 Å². The first-order valence-electron chi connectivity index (χ1n) is 6.46. The van der Waals surface area contributed by atoms with Gasteiger partial charge in [-0.3, -0.25) is 9.52 Å². The van der Waals surface area contributed by atoms with Gasteiger partial charge in [-0.05, 0) is 42.5 Å². The van der Waals surface area contributed by atoms with E-state index in [0.29, 0.717) is 16.4 Å². The van der Waals surface area contributed by atoms with Crippen LogP contribution in [0.25, 0.3) is 0 Å². The fraction of sp³-hybridized carbons (Fsp3) is 0.0667. The van der Waals surface area contributed by atoms with E-state index in [2.05, 4.69) is 10.0 Å². The molecule has 8 heteroatoms. The predicted octanol–water partition coefficient (Wildman–Crippen LogP) is 2.99. The topological polar surface area (TPSA) is 99.1 Å². The molecule has 2 aromatic carbocycles. The molecule has 0 aliphatic rings. The molecular weight excluding hydrogens is 338 g/mol. The molecule has 0 aliphatic carbocycles. The summed E-state index contributed by atoms with van der Waals surface area (Å²) in [5, 5.41) is 11.3. The van der Waals surface area contributed by atoms with Crippen molar-refractivity contribution in [3.8, 4) is 6.07 Å². The first-order valence-corrected chi connectivity index (χ1v) is 8.32. The number of carbonyl (C=O) groups excluding carboxylic acids is 1. The standard InChI is InChI=1S/C15H12ClN3O3S/c16-11-2-1-3-13(10-11)19-23(21,22)14-6-4-12(5-7-14)18-15(20)8-9-17/h1-7,10,19H,8H2,(H,18,20). The van der Waals surface area contributed by atoms with Gasteiger partial charge in [0.05, 0.1) is 16.7 Å². The van der Waals surface area contributed by atoms with Crippen molar-refractivity contribution >= 4 is 38.9 Å². The highest BCUT2D eigenvalue weighted by Crippen LogP contribution is 2.20. The number of nitrogens with one attached hydrogen (secondary N) is 2. The van der Waals surface area contributed by atoms with Crippen LogP contribution in [0.5, 0.6) is 0 Å². The van der Waals surface area contributed by atoms with E-state index < -0.39 is 15.9 Å². The summed E-state index contributed by atoms with van der Waals surface area (Å²) in [6, 6.07) is 13.7. The number of amides is 1. The van der Waals surface area contributed by atoms with Gasteiger partial charge in [-0.1, -0.05) is 17.7 Å². The fourth-order valence-electron chi connectivity index (χ4n) is 1.76. The summed E-state index contributed by atoms with van der Waals surface area (Å²) in [6.07, 6.45) is -0.267. The van der Waals surface area contributed by atoms with Gasteiger partial charge in [-0.15, -0.1) is 0 Å². The number of hydrogen-bond donors (Lipinski definition) is 2. The second-order valence-electron chi connectivity index (χ2n) is 4.52. The number of nitriles is 1. The summed E-state index contributed by atoms with van der Waals surface area (Å²) < 4.78 is 26.9. The quantitative estimate of drug-likeness (QED) is 0.866. The molecule has 0 heterocycles. The summed E-state index contributed by atoms with van der Waals surface area (Å²) in [7, 11) is -3.76. The third-order valence-electron chi connectivity index (χ3n) is 2.76. The van der Waals surface area contributed by atoms with Crippen molar-refractivity contribution in [1.29, 1.82) is 5.26 Å². The number of nitrogens with zero attached hydrogens (tertiary/aromatic N) is 1. The number of benzene rings is 2. The molecule has 0 aromatic heterocycles. The van der Waals surface area contributed by atoms with Gasteiger partial charge in [-0.2, -0.15) is 5.26 Å². The Morgan fingerprint density at radius 2 is 1.83 bits per heavy atom. The molecule has 2 aromatic rings. The number of sulfonamides is 1. The van der Waals surface area contributed by atoms with Crippen molar-refractivity contribution in [2.75, 3.05) is 10.0 Å². The Morgan fingerprint density at radius 1 is 1.13 bits per heavy atom. The van der Waals surface area contributed by atoms with Crippen molar-refractivity contribution in [3.05, 3.63) is 53.6 Å². The van der Waals surface area contributed by atoms with E-state index in [9.17, 15) is 13.2 Å². The van der Waals surface area contributed by atoms with E-state index >= 15 is 0 Å². The molecule has 0 unspecified atom stereocenters. The maximum atomic E-state index is 12.3. The molecule has 0 spiro atoms. The molecule has 0 fully saturated rings. The zero-order valence-electron chi connectivity index (χ0n) is 11.8. The van der Waals surface area contributed by atoms with E-state index in [-0.39, 0.29) is 11.3 Å². The number of anilines is 2. The summed E-state index contributed by atoms with van der Waals surface area (Å²) >= 11 is 5.82. The minimum atomic E-state index is -3.76. The zero-order valence-corrected chi connectivity index (χ0v) is 13.4. The number of hydrogen-bond acceptors (Lipinski definition) is 4. The Kier molecular flexibility index (Phi) is 5.21. The van der Waals surface area contributed by atoms with Gasteiger partial charge in [0.15, 0.2) is 0 Å². The largest absolute Gasteiger partial charge is 0.325 e. The maximum Gasteiger partial charge on any atom is 0.261 e. The highest BCUT2D eigenvalue weighted by Gasteiger charge is 2.14. The molecule has 0 atom stereocenters. The lowest BCUT2D eigenvalue weighted by Crippen LogP contribution is -2.13. The van der Waals surface area contributed by atoms with Crippen LogP contribution in [0.3, 0.4) is 0 Å². The molecule has 0 radical (unpaired) electrons. The van der Waals surface area contributed by atoms with E-state index in [1.165, 1.54) is 30.3 Å². The molecule has 0 aliphatic heterocycles. The van der Waals surface area contributed by atoms with Crippen LogP contribution in [0.15, 0.2) is 53.4 Å². The van der Waals surface area contributed by atoms with Gasteiger partial charge in [0, 0.05) is 10.7 Å². The molecule has 0 saturated carbocycles. The Morgan fingerprint density at radius 3 is 2.43 bits per heavy atom. The van der Waals surface area contributed by atoms with Crippen molar-refractivity contribution in [1.82, 2.24) is 0 Å². The number of rotatable bonds is 5. The van der Waals surface area contributed by atoms with Crippen molar-refractivity contribution in [2.45, 2.75) is 11.3 Å². The van der Waals surface area contributed by atoms with Crippen LogP contribution in [0, 0.1) is 11.3 Å². The summed E-state index contributed by atoms with van der Waals surface area (Å²) in [5.41, 5.74) is 0.760. The SMILES string of the molecule is N#CCC(=O)Nc1ccc(S(=O)(=O)Nc2cccc(Cl)c2)cc1. The van der Waals surface area contributed by atoms with Crippen molar-refractivity contribution < 1.29 is 13.2 Å². The van der Waals surface area contributed by atoms with Gasteiger partial charge in [0.25, 0.3) is 10.0 Å². The summed E-state index contributed by atoms with van der Waals surface area (Å²) in [6.45, 7) is 0. The van der Waals surface area contributed by atoms with Crippen LogP contribution in [-0.4, -0.2) is 14.3 Å². The lowest BCUT2D eigenvalue weighted by Gasteiger charge is -2.09. The van der Waals surface area contributed by atoms with Gasteiger partial charge in [-0.25, -0.2) is 8.42 Å². The Labute approximate surface area is 138 Å². The van der Waals surface area contributed by atoms with Gasteiger partial charge in [0.1, 0.15) is 6.42 Å². The van der Waals surface area contributed by atoms with E-state index in [0.717, 1.165) is 0 Å². The lowest BCUT2D eigenvalue weighted by atomic mass is 10.3. The van der Waals surface area contributed by atoms with Crippen LogP contribution in [0.2, 0.25) is 5.02 Å². The fourth-order valence-corrected chi connectivity index (χ4v) is 3.00. The van der Waals surface area contributed by atoms with Crippen LogP contribution in [0.1, 0.15) is 6.42 Å². The Balaban J connectivity index is 2.14. The molecule has 0 bridgehead atoms. The number of halogens is 1. The van der Waals surface area contributed by atoms with Crippen LogP contribution >= 0.6 is 11.6 Å². The maximum absolute atomic E-state index is 12.3. The van der Waals surface area contributed by atoms with E-state index in [4.69, 9.17) is 16.9 Å². The second-order valence-corrected chi connectivity index (χ2v) is 6.64. The second kappa shape index (κ2) is 7.13. The van der Waals surface area contributed by atoms with Crippen molar-refractivity contribution in [2.24, 2.45) is 0 Å². The van der Waals surface area contributed by atoms with Gasteiger partial charge < -0.3 is 5.32 Å². The van der Waals surface area contributed by atoms with Gasteiger partial charge >= 0.3 is 0 Å². The average molecular weight is 350 g/mol. The Bertz CT molecular complexity index is 858. The third-order valence-corrected chi connectivity index (χ3v) is 4.40. The van der Waals surface area contributed by atoms with E-state index in [1.807, 2.05) is 0 Å². The minimum Gasteiger partial charge on any atom is -0.325 e. The predicted molar refractivity (Wildman–Crippen MR) is 87.6 cm³/mol. The third kappa shape index (κ3) is 4.71. The average Bonchev–Trinajstić information content (AvgIpc) is 2.47. The molecule has 1 amide bonds. The van der Waals surface area contributed by atoms with Crippen LogP contribution in [0.4, 0.5) is 11.4 Å². The molecule has 0 saturated heterocycles. The molecule has 6 nitrogen and oxygen atoms in total. The van der Waals surface area contributed by atoms with E-state index in [1.54, 1.807) is 24.3 Å². The van der Waals surface area contributed by atoms with Crippen LogP contribution < -0.4 is 10.0 Å². The molecular formula is C15H12ClN3O3S. The smallest absolute Gasteiger partial charge is 0.261 e. The monoisotopic (exact) mass is 349 g/mol. The lowest BCUT2D eigenvalue weighted by molar-refractivity contribution is -0.115. The normalized spacial score (nSPS) is 10.6. The summed E-state index contributed by atoms with van der Waals surface area (Å²) in [5.74, 6) is -0.458. The summed E-state index contributed by atoms with van der Waals surface area (Å²) in [4.78, 5) is 11.3. The molecule has 23 heavy (non-hydrogen) atoms. The first-order chi connectivity index (χ1) is 10.9. The first kappa shape index (κ1) is 16.8. The zero-order chi connectivity index (χ0) is 16.9. The highest BCUT2D eigenvalue weighted by atomic mass is 35.5.